The number of ether oxygens (including phenoxy) is 3. The topological polar surface area (TPSA) is 83.7 Å². The molecule has 0 saturated heterocycles. The number of methoxy groups -OCH3 is 1. The molecule has 6 heteroatoms. The van der Waals surface area contributed by atoms with Crippen molar-refractivity contribution in [2.75, 3.05) is 13.7 Å². The maximum Gasteiger partial charge on any atom is 0.405 e. The van der Waals surface area contributed by atoms with Gasteiger partial charge < -0.3 is 19.9 Å². The molecule has 144 valence electrons. The Morgan fingerprint density at radius 1 is 1.22 bits per heavy atom. The van der Waals surface area contributed by atoms with E-state index in [0.29, 0.717) is 11.6 Å². The third kappa shape index (κ3) is 5.74. The van der Waals surface area contributed by atoms with Crippen molar-refractivity contribution in [1.82, 2.24) is 4.98 Å². The van der Waals surface area contributed by atoms with E-state index in [1.54, 1.807) is 20.2 Å². The quantitative estimate of drug-likeness (QED) is 0.736. The summed E-state index contributed by atoms with van der Waals surface area (Å²) in [5.41, 5.74) is 8.26. The molecule has 2 rings (SSSR count). The number of aromatic nitrogens is 1. The van der Waals surface area contributed by atoms with Crippen molar-refractivity contribution in [3.05, 3.63) is 53.7 Å². The van der Waals surface area contributed by atoms with Crippen LogP contribution in [-0.4, -0.2) is 30.4 Å². The Hall–Kier alpha value is -3.02. The molecule has 1 atom stereocenters. The molecule has 0 aliphatic carbocycles. The molecule has 0 radical (unpaired) electrons. The Morgan fingerprint density at radius 2 is 1.93 bits per heavy atom. The molecule has 1 aromatic carbocycles. The van der Waals surface area contributed by atoms with Gasteiger partial charge in [-0.3, -0.25) is 0 Å². The van der Waals surface area contributed by atoms with Crippen LogP contribution in [0.5, 0.6) is 11.6 Å². The summed E-state index contributed by atoms with van der Waals surface area (Å²) < 4.78 is 16.3. The molecule has 2 aromatic rings. The van der Waals surface area contributed by atoms with Crippen molar-refractivity contribution >= 4 is 6.09 Å². The number of allylic oxidation sites excluding steroid dienone is 1. The summed E-state index contributed by atoms with van der Waals surface area (Å²) in [6, 6.07) is 9.68. The van der Waals surface area contributed by atoms with Gasteiger partial charge in [-0.2, -0.15) is 0 Å². The van der Waals surface area contributed by atoms with Crippen LogP contribution in [0.3, 0.4) is 0 Å². The number of nitrogens with zero attached hydrogens (tertiary/aromatic N) is 1. The highest BCUT2D eigenvalue weighted by molar-refractivity contribution is 5.66. The van der Waals surface area contributed by atoms with Crippen LogP contribution in [0.4, 0.5) is 4.79 Å². The van der Waals surface area contributed by atoms with E-state index in [4.69, 9.17) is 19.9 Å². The number of hydrogen-bond acceptors (Lipinski definition) is 5. The zero-order valence-corrected chi connectivity index (χ0v) is 16.4. The van der Waals surface area contributed by atoms with Crippen LogP contribution < -0.4 is 15.2 Å². The molecule has 0 saturated carbocycles. The van der Waals surface area contributed by atoms with Gasteiger partial charge in [0.05, 0.1) is 7.11 Å². The van der Waals surface area contributed by atoms with E-state index in [1.807, 2.05) is 57.2 Å². The Labute approximate surface area is 160 Å². The highest BCUT2D eigenvalue weighted by atomic mass is 16.6. The highest BCUT2D eigenvalue weighted by Crippen LogP contribution is 2.28. The molecule has 0 aliphatic rings. The fourth-order valence-corrected chi connectivity index (χ4v) is 2.85. The summed E-state index contributed by atoms with van der Waals surface area (Å²) in [6.07, 6.45) is 2.70. The van der Waals surface area contributed by atoms with Gasteiger partial charge in [-0.05, 0) is 68.7 Å². The summed E-state index contributed by atoms with van der Waals surface area (Å²) in [5.74, 6) is 1.27. The summed E-state index contributed by atoms with van der Waals surface area (Å²) in [6.45, 7) is 7.73. The van der Waals surface area contributed by atoms with Crippen molar-refractivity contribution < 1.29 is 19.0 Å². The first-order chi connectivity index (χ1) is 12.7. The standard InChI is InChI=1S/C21H26N2O4/c1-14(2)12-21(4,27-20(22)24)13-26-18-7-6-16(10-15(18)3)17-8-9-23-19(11-17)25-5/h6-12H,13H2,1-5H3,(H2,22,24). The van der Waals surface area contributed by atoms with Crippen LogP contribution >= 0.6 is 0 Å². The lowest BCUT2D eigenvalue weighted by Crippen LogP contribution is -2.38. The second-order valence-corrected chi connectivity index (χ2v) is 6.81. The third-order valence-electron chi connectivity index (χ3n) is 3.89. The minimum Gasteiger partial charge on any atom is -0.489 e. The van der Waals surface area contributed by atoms with Gasteiger partial charge in [0, 0.05) is 12.3 Å². The molecule has 1 unspecified atom stereocenters. The number of aryl methyl sites for hydroxylation is 1. The van der Waals surface area contributed by atoms with Gasteiger partial charge in [0.25, 0.3) is 0 Å². The molecule has 1 aromatic heterocycles. The SMILES string of the molecule is COc1cc(-c2ccc(OCC(C)(C=C(C)C)OC(N)=O)c(C)c2)ccn1. The lowest BCUT2D eigenvalue weighted by atomic mass is 10.0. The molecule has 27 heavy (non-hydrogen) atoms. The molecule has 6 nitrogen and oxygen atoms in total. The van der Waals surface area contributed by atoms with Gasteiger partial charge in [-0.1, -0.05) is 11.6 Å². The summed E-state index contributed by atoms with van der Waals surface area (Å²) in [5, 5.41) is 0. The van der Waals surface area contributed by atoms with Crippen LogP contribution in [0.25, 0.3) is 11.1 Å². The largest absolute Gasteiger partial charge is 0.489 e. The highest BCUT2D eigenvalue weighted by Gasteiger charge is 2.27. The van der Waals surface area contributed by atoms with Crippen molar-refractivity contribution in [1.29, 1.82) is 0 Å². The van der Waals surface area contributed by atoms with Gasteiger partial charge in [0.15, 0.2) is 5.60 Å². The molecular formula is C21H26N2O4. The lowest BCUT2D eigenvalue weighted by molar-refractivity contribution is 0.0296. The number of primary amides is 1. The van der Waals surface area contributed by atoms with Crippen LogP contribution in [0.1, 0.15) is 26.3 Å². The Balaban J connectivity index is 2.20. The maximum absolute atomic E-state index is 11.2. The number of carbonyl (C=O) groups excluding carboxylic acids is 1. The van der Waals surface area contributed by atoms with Crippen molar-refractivity contribution in [2.24, 2.45) is 5.73 Å². The van der Waals surface area contributed by atoms with E-state index < -0.39 is 11.7 Å². The van der Waals surface area contributed by atoms with Crippen LogP contribution in [0, 0.1) is 6.92 Å². The molecule has 1 heterocycles. The summed E-state index contributed by atoms with van der Waals surface area (Å²) in [4.78, 5) is 15.4. The predicted octanol–water partition coefficient (Wildman–Crippen LogP) is 4.26. The Bertz CT molecular complexity index is 844. The van der Waals surface area contributed by atoms with E-state index in [-0.39, 0.29) is 6.61 Å². The monoisotopic (exact) mass is 370 g/mol. The van der Waals surface area contributed by atoms with E-state index in [0.717, 1.165) is 22.3 Å². The number of carbonyl (C=O) groups is 1. The molecular weight excluding hydrogens is 344 g/mol. The van der Waals surface area contributed by atoms with E-state index in [2.05, 4.69) is 4.98 Å². The predicted molar refractivity (Wildman–Crippen MR) is 105 cm³/mol. The molecule has 2 N–H and O–H groups in total. The zero-order chi connectivity index (χ0) is 20.0. The smallest absolute Gasteiger partial charge is 0.405 e. The summed E-state index contributed by atoms with van der Waals surface area (Å²) in [7, 11) is 1.59. The first-order valence-electron chi connectivity index (χ1n) is 8.61. The number of rotatable bonds is 7. The molecule has 0 bridgehead atoms. The van der Waals surface area contributed by atoms with Gasteiger partial charge in [-0.15, -0.1) is 0 Å². The van der Waals surface area contributed by atoms with E-state index in [1.165, 1.54) is 0 Å². The number of amides is 1. The van der Waals surface area contributed by atoms with Crippen molar-refractivity contribution in [3.8, 4) is 22.8 Å². The lowest BCUT2D eigenvalue weighted by Gasteiger charge is -2.26. The number of hydrogen-bond donors (Lipinski definition) is 1. The third-order valence-corrected chi connectivity index (χ3v) is 3.89. The van der Waals surface area contributed by atoms with Gasteiger partial charge in [0.1, 0.15) is 12.4 Å². The first-order valence-corrected chi connectivity index (χ1v) is 8.61. The minimum atomic E-state index is -0.936. The van der Waals surface area contributed by atoms with Gasteiger partial charge in [0.2, 0.25) is 5.88 Å². The van der Waals surface area contributed by atoms with E-state index in [9.17, 15) is 4.79 Å². The van der Waals surface area contributed by atoms with Crippen LogP contribution in [0.2, 0.25) is 0 Å². The summed E-state index contributed by atoms with van der Waals surface area (Å²) >= 11 is 0. The molecule has 0 spiro atoms. The Morgan fingerprint density at radius 3 is 2.52 bits per heavy atom. The van der Waals surface area contributed by atoms with Gasteiger partial charge in [-0.25, -0.2) is 9.78 Å². The van der Waals surface area contributed by atoms with Crippen LogP contribution in [-0.2, 0) is 4.74 Å². The normalized spacial score (nSPS) is 12.6. The minimum absolute atomic E-state index is 0.157. The number of nitrogens with two attached hydrogens (primary N) is 1. The second-order valence-electron chi connectivity index (χ2n) is 6.81. The van der Waals surface area contributed by atoms with Crippen molar-refractivity contribution in [2.45, 2.75) is 33.3 Å². The van der Waals surface area contributed by atoms with Gasteiger partial charge >= 0.3 is 6.09 Å². The zero-order valence-electron chi connectivity index (χ0n) is 16.4. The maximum atomic E-state index is 11.2. The fourth-order valence-electron chi connectivity index (χ4n) is 2.85. The second kappa shape index (κ2) is 8.58. The number of pyridine rings is 1. The average Bonchev–Trinajstić information content (AvgIpc) is 2.59. The molecule has 0 fully saturated rings. The van der Waals surface area contributed by atoms with E-state index >= 15 is 0 Å². The van der Waals surface area contributed by atoms with Crippen molar-refractivity contribution in [3.63, 3.8) is 0 Å². The Kier molecular flexibility index (Phi) is 6.45. The molecule has 0 aliphatic heterocycles. The first kappa shape index (κ1) is 20.3. The number of benzene rings is 1. The average molecular weight is 370 g/mol. The fraction of sp³-hybridized carbons (Fsp3) is 0.333. The molecule has 1 amide bonds. The van der Waals surface area contributed by atoms with Crippen LogP contribution in [0.15, 0.2) is 48.2 Å².